The Morgan fingerprint density at radius 1 is 0.977 bits per heavy atom. The number of amides is 3. The molecular weight excluding hydrogens is 570 g/mol. The topological polar surface area (TPSA) is 117 Å². The van der Waals surface area contributed by atoms with Gasteiger partial charge in [0.05, 0.1) is 5.69 Å². The van der Waals surface area contributed by atoms with E-state index in [1.54, 1.807) is 31.3 Å². The molecule has 1 unspecified atom stereocenters. The summed E-state index contributed by atoms with van der Waals surface area (Å²) in [6.45, 7) is 9.36. The Labute approximate surface area is 258 Å². The number of rotatable bonds is 12. The summed E-state index contributed by atoms with van der Waals surface area (Å²) in [6, 6.07) is 13.8. The van der Waals surface area contributed by atoms with Crippen molar-refractivity contribution >= 4 is 40.9 Å². The third-order valence-corrected chi connectivity index (χ3v) is 7.29. The predicted octanol–water partition coefficient (Wildman–Crippen LogP) is 7.18. The van der Waals surface area contributed by atoms with Crippen LogP contribution in [0.4, 0.5) is 16.2 Å². The molecule has 0 aromatic heterocycles. The van der Waals surface area contributed by atoms with Crippen LogP contribution < -0.4 is 20.1 Å². The molecule has 3 N–H and O–H groups in total. The second kappa shape index (κ2) is 15.3. The molecule has 0 spiro atoms. The number of aryl methyl sites for hydroxylation is 3. The van der Waals surface area contributed by atoms with E-state index in [1.165, 1.54) is 17.9 Å². The Kier molecular flexibility index (Phi) is 11.8. The van der Waals surface area contributed by atoms with Gasteiger partial charge in [-0.25, -0.2) is 4.79 Å². The lowest BCUT2D eigenvalue weighted by Gasteiger charge is -2.22. The zero-order chi connectivity index (χ0) is 31.7. The third-order valence-electron chi connectivity index (χ3n) is 6.88. The molecule has 0 aliphatic rings. The number of nitrogens with zero attached hydrogens (tertiary/aromatic N) is 1. The van der Waals surface area contributed by atoms with Crippen molar-refractivity contribution in [2.24, 2.45) is 0 Å². The first-order valence-electron chi connectivity index (χ1n) is 14.2. The number of ether oxygens (including phenoxy) is 2. The van der Waals surface area contributed by atoms with Gasteiger partial charge in [0.1, 0.15) is 17.2 Å². The highest BCUT2D eigenvalue weighted by atomic mass is 35.5. The van der Waals surface area contributed by atoms with Crippen LogP contribution in [0.2, 0.25) is 5.02 Å². The molecule has 0 aliphatic carbocycles. The number of nitrogens with one attached hydrogen (secondary N) is 2. The minimum absolute atomic E-state index is 0.189. The van der Waals surface area contributed by atoms with Gasteiger partial charge < -0.3 is 30.1 Å². The highest BCUT2D eigenvalue weighted by Gasteiger charge is 2.23. The van der Waals surface area contributed by atoms with Crippen LogP contribution in [-0.4, -0.2) is 47.6 Å². The molecule has 9 nitrogen and oxygen atoms in total. The lowest BCUT2D eigenvalue weighted by Crippen LogP contribution is -2.34. The summed E-state index contributed by atoms with van der Waals surface area (Å²) in [5.41, 5.74) is 4.01. The second-order valence-corrected chi connectivity index (χ2v) is 11.1. The molecule has 0 saturated heterocycles. The van der Waals surface area contributed by atoms with Gasteiger partial charge in [-0.05, 0) is 81.0 Å². The maximum Gasteiger partial charge on any atom is 0.414 e. The molecule has 3 aromatic carbocycles. The van der Waals surface area contributed by atoms with Crippen LogP contribution >= 0.6 is 11.6 Å². The van der Waals surface area contributed by atoms with E-state index in [0.29, 0.717) is 34.2 Å². The number of unbranched alkanes of at least 4 members (excludes halogenated alkanes) is 1. The Bertz CT molecular complexity index is 1480. The van der Waals surface area contributed by atoms with Gasteiger partial charge in [-0.3, -0.25) is 9.59 Å². The first kappa shape index (κ1) is 33.3. The van der Waals surface area contributed by atoms with Gasteiger partial charge in [0.2, 0.25) is 5.91 Å². The summed E-state index contributed by atoms with van der Waals surface area (Å²) in [7, 11) is 1.59. The first-order valence-corrected chi connectivity index (χ1v) is 14.6. The third kappa shape index (κ3) is 9.64. The monoisotopic (exact) mass is 609 g/mol. The number of aromatic hydroxyl groups is 1. The Hall–Kier alpha value is -4.24. The molecular formula is C33H40ClN3O6. The van der Waals surface area contributed by atoms with Crippen LogP contribution in [0.1, 0.15) is 55.4 Å². The molecule has 0 fully saturated rings. The average molecular weight is 610 g/mol. The van der Waals surface area contributed by atoms with Crippen LogP contribution in [-0.2, 0) is 16.0 Å². The zero-order valence-electron chi connectivity index (χ0n) is 25.5. The van der Waals surface area contributed by atoms with Crippen molar-refractivity contribution in [1.82, 2.24) is 4.90 Å². The molecule has 0 radical (unpaired) electrons. The molecule has 0 heterocycles. The fraction of sp³-hybridized carbons (Fsp3) is 0.364. The van der Waals surface area contributed by atoms with Crippen LogP contribution in [0.3, 0.4) is 0 Å². The first-order chi connectivity index (χ1) is 20.4. The summed E-state index contributed by atoms with van der Waals surface area (Å²) >= 11 is 6.15. The van der Waals surface area contributed by atoms with E-state index >= 15 is 0 Å². The molecule has 43 heavy (non-hydrogen) atoms. The van der Waals surface area contributed by atoms with Crippen molar-refractivity contribution in [1.29, 1.82) is 0 Å². The molecule has 3 rings (SSSR count). The number of phenols is 1. The predicted molar refractivity (Wildman–Crippen MR) is 169 cm³/mol. The van der Waals surface area contributed by atoms with Crippen molar-refractivity contribution in [3.63, 3.8) is 0 Å². The lowest BCUT2D eigenvalue weighted by atomic mass is 10.1. The van der Waals surface area contributed by atoms with Crippen LogP contribution in [0, 0.1) is 20.8 Å². The molecule has 230 valence electrons. The Morgan fingerprint density at radius 3 is 2.37 bits per heavy atom. The molecule has 10 heteroatoms. The normalized spacial score (nSPS) is 11.4. The van der Waals surface area contributed by atoms with Crippen LogP contribution in [0.5, 0.6) is 17.2 Å². The van der Waals surface area contributed by atoms with E-state index in [-0.39, 0.29) is 36.2 Å². The second-order valence-electron chi connectivity index (χ2n) is 10.7. The van der Waals surface area contributed by atoms with E-state index in [2.05, 4.69) is 10.6 Å². The van der Waals surface area contributed by atoms with Gasteiger partial charge in [-0.2, -0.15) is 0 Å². The Morgan fingerprint density at radius 2 is 1.72 bits per heavy atom. The van der Waals surface area contributed by atoms with E-state index in [4.69, 9.17) is 21.1 Å². The van der Waals surface area contributed by atoms with Gasteiger partial charge in [0, 0.05) is 37.3 Å². The standard InChI is InChI=1S/C33H40ClN3O6/c1-7-8-9-31(43-30-13-10-20(2)16-22(30)4)32(40)36-27-19-29(39)28(35-23(5)38)17-24(27)14-15-37(6)33(41)42-25-12-11-21(3)26(34)18-25/h10-13,16-19,31,39H,7-9,14-15H2,1-6H3,(H,35,38)(H,36,40). The smallest absolute Gasteiger partial charge is 0.414 e. The number of hydrogen-bond donors (Lipinski definition) is 3. The Balaban J connectivity index is 1.82. The van der Waals surface area contributed by atoms with Gasteiger partial charge in [0.25, 0.3) is 5.91 Å². The molecule has 0 bridgehead atoms. The van der Waals surface area contributed by atoms with Gasteiger partial charge in [0.15, 0.2) is 6.10 Å². The maximum atomic E-state index is 13.5. The molecule has 1 atom stereocenters. The van der Waals surface area contributed by atoms with Crippen LogP contribution in [0.25, 0.3) is 0 Å². The average Bonchev–Trinajstić information content (AvgIpc) is 2.94. The fourth-order valence-electron chi connectivity index (χ4n) is 4.37. The lowest BCUT2D eigenvalue weighted by molar-refractivity contribution is -0.123. The number of carbonyl (C=O) groups excluding carboxylic acids is 3. The van der Waals surface area contributed by atoms with Gasteiger partial charge >= 0.3 is 6.09 Å². The van der Waals surface area contributed by atoms with E-state index < -0.39 is 12.2 Å². The summed E-state index contributed by atoms with van der Waals surface area (Å²) in [6.07, 6.45) is 1.08. The summed E-state index contributed by atoms with van der Waals surface area (Å²) < 4.78 is 11.6. The molecule has 0 aliphatic heterocycles. The largest absolute Gasteiger partial charge is 0.506 e. The minimum Gasteiger partial charge on any atom is -0.506 e. The molecule has 0 saturated carbocycles. The summed E-state index contributed by atoms with van der Waals surface area (Å²) in [5.74, 6) is 0.00173. The van der Waals surface area contributed by atoms with Gasteiger partial charge in [-0.15, -0.1) is 0 Å². The number of halogens is 1. The fourth-order valence-corrected chi connectivity index (χ4v) is 4.54. The summed E-state index contributed by atoms with van der Waals surface area (Å²) in [4.78, 5) is 39.4. The number of carbonyl (C=O) groups is 3. The van der Waals surface area contributed by atoms with E-state index in [9.17, 15) is 19.5 Å². The number of benzene rings is 3. The number of hydrogen-bond acceptors (Lipinski definition) is 6. The zero-order valence-corrected chi connectivity index (χ0v) is 26.3. The maximum absolute atomic E-state index is 13.5. The molecule has 3 amide bonds. The van der Waals surface area contributed by atoms with Crippen molar-refractivity contribution in [3.8, 4) is 17.2 Å². The highest BCUT2D eigenvalue weighted by Crippen LogP contribution is 2.32. The highest BCUT2D eigenvalue weighted by molar-refractivity contribution is 6.31. The van der Waals surface area contributed by atoms with Crippen molar-refractivity contribution in [2.75, 3.05) is 24.2 Å². The van der Waals surface area contributed by atoms with Crippen LogP contribution in [0.15, 0.2) is 48.5 Å². The number of anilines is 2. The van der Waals surface area contributed by atoms with Crippen molar-refractivity contribution in [2.45, 2.75) is 66.4 Å². The van der Waals surface area contributed by atoms with Crippen molar-refractivity contribution < 1.29 is 29.0 Å². The molecule has 3 aromatic rings. The van der Waals surface area contributed by atoms with E-state index in [0.717, 1.165) is 29.5 Å². The minimum atomic E-state index is -0.773. The number of phenolic OH excluding ortho intramolecular Hbond substituents is 1. The number of likely N-dealkylation sites (N-methyl/N-ethyl adjacent to an activating group) is 1. The SMILES string of the molecule is CCCCC(Oc1ccc(C)cc1C)C(=O)Nc1cc(O)c(NC(C)=O)cc1CCN(C)C(=O)Oc1ccc(C)c(Cl)c1. The quantitative estimate of drug-likeness (QED) is 0.187. The van der Waals surface area contributed by atoms with Crippen molar-refractivity contribution in [3.05, 3.63) is 75.8 Å². The van der Waals surface area contributed by atoms with Gasteiger partial charge in [-0.1, -0.05) is 48.7 Å². The van der Waals surface area contributed by atoms with E-state index in [1.807, 2.05) is 45.9 Å². The summed E-state index contributed by atoms with van der Waals surface area (Å²) in [5, 5.41) is 16.6.